The molecule has 0 aliphatic carbocycles. The molecule has 4 heteroatoms. The molecule has 1 N–H and O–H groups in total. The number of allylic oxidation sites excluding steroid dienone is 2. The molecule has 1 aromatic rings. The first-order chi connectivity index (χ1) is 8.04. The molecule has 17 heavy (non-hydrogen) atoms. The van der Waals surface area contributed by atoms with E-state index in [1.54, 1.807) is 6.92 Å². The summed E-state index contributed by atoms with van der Waals surface area (Å²) in [5, 5.41) is 8.96. The van der Waals surface area contributed by atoms with Gasteiger partial charge in [-0.2, -0.15) is 0 Å². The van der Waals surface area contributed by atoms with Crippen LogP contribution in [0, 0.1) is 0 Å². The van der Waals surface area contributed by atoms with Gasteiger partial charge < -0.3 is 9.84 Å². The van der Waals surface area contributed by atoms with E-state index in [2.05, 4.69) is 0 Å². The normalized spacial score (nSPS) is 11.1. The lowest BCUT2D eigenvalue weighted by molar-refractivity contribution is 0.0526. The lowest BCUT2D eigenvalue weighted by Gasteiger charge is -2.02. The van der Waals surface area contributed by atoms with Gasteiger partial charge in [-0.25, -0.2) is 4.79 Å². The number of aliphatic hydroxyl groups excluding tert-OH is 1. The second kappa shape index (κ2) is 5.84. The van der Waals surface area contributed by atoms with Crippen molar-refractivity contribution in [2.75, 3.05) is 6.61 Å². The summed E-state index contributed by atoms with van der Waals surface area (Å²) >= 11 is 0. The van der Waals surface area contributed by atoms with Crippen LogP contribution < -0.4 is 0 Å². The zero-order chi connectivity index (χ0) is 12.8. The van der Waals surface area contributed by atoms with Gasteiger partial charge in [-0.05, 0) is 26.0 Å². The van der Waals surface area contributed by atoms with E-state index in [0.717, 1.165) is 6.08 Å². The number of hydrogen-bond acceptors (Lipinski definition) is 4. The Morgan fingerprint density at radius 1 is 1.24 bits per heavy atom. The first-order valence-corrected chi connectivity index (χ1v) is 5.23. The van der Waals surface area contributed by atoms with Gasteiger partial charge in [0, 0.05) is 11.6 Å². The molecule has 0 unspecified atom stereocenters. The maximum atomic E-state index is 11.5. The molecule has 0 amide bonds. The molecule has 0 radical (unpaired) electrons. The van der Waals surface area contributed by atoms with Crippen LogP contribution in [0.5, 0.6) is 0 Å². The van der Waals surface area contributed by atoms with Gasteiger partial charge in [0.15, 0.2) is 5.78 Å². The lowest BCUT2D eigenvalue weighted by atomic mass is 10.1. The number of carbonyl (C=O) groups excluding carboxylic acids is 2. The summed E-state index contributed by atoms with van der Waals surface area (Å²) < 4.78 is 4.82. The van der Waals surface area contributed by atoms with Crippen LogP contribution in [-0.4, -0.2) is 23.5 Å². The number of ether oxygens (including phenoxy) is 1. The number of carbonyl (C=O) groups is 2. The molecule has 0 bridgehead atoms. The Hall–Kier alpha value is -2.10. The molecule has 0 aliphatic rings. The minimum Gasteiger partial charge on any atom is -0.512 e. The predicted octanol–water partition coefficient (Wildman–Crippen LogP) is 2.51. The van der Waals surface area contributed by atoms with Gasteiger partial charge >= 0.3 is 5.97 Å². The summed E-state index contributed by atoms with van der Waals surface area (Å²) in [7, 11) is 0. The van der Waals surface area contributed by atoms with Crippen molar-refractivity contribution >= 4 is 11.8 Å². The molecule has 0 aromatic heterocycles. The van der Waals surface area contributed by atoms with Crippen LogP contribution in [-0.2, 0) is 4.74 Å². The van der Waals surface area contributed by atoms with E-state index in [0.29, 0.717) is 17.7 Å². The van der Waals surface area contributed by atoms with E-state index < -0.39 is 5.97 Å². The van der Waals surface area contributed by atoms with Gasteiger partial charge in [-0.15, -0.1) is 0 Å². The number of rotatable bonds is 4. The average Bonchev–Trinajstić information content (AvgIpc) is 2.28. The van der Waals surface area contributed by atoms with Gasteiger partial charge in [-0.1, -0.05) is 12.1 Å². The Bertz CT molecular complexity index is 439. The topological polar surface area (TPSA) is 63.6 Å². The Morgan fingerprint density at radius 3 is 2.24 bits per heavy atom. The fourth-order valence-corrected chi connectivity index (χ4v) is 1.26. The summed E-state index contributed by atoms with van der Waals surface area (Å²) in [6.45, 7) is 3.46. The second-order valence-corrected chi connectivity index (χ2v) is 3.45. The van der Waals surface area contributed by atoms with Crippen molar-refractivity contribution in [1.82, 2.24) is 0 Å². The van der Waals surface area contributed by atoms with Gasteiger partial charge in [0.1, 0.15) is 0 Å². The summed E-state index contributed by atoms with van der Waals surface area (Å²) in [5.74, 6) is -0.773. The zero-order valence-corrected chi connectivity index (χ0v) is 9.77. The third-order valence-corrected chi connectivity index (χ3v) is 2.02. The molecule has 0 heterocycles. The van der Waals surface area contributed by atoms with Gasteiger partial charge in [0.05, 0.1) is 17.9 Å². The average molecular weight is 234 g/mol. The maximum Gasteiger partial charge on any atom is 0.338 e. The van der Waals surface area contributed by atoms with Crippen LogP contribution in [0.4, 0.5) is 0 Å². The fourth-order valence-electron chi connectivity index (χ4n) is 1.26. The summed E-state index contributed by atoms with van der Waals surface area (Å²) in [6.07, 6.45) is 1.12. The first kappa shape index (κ1) is 13.0. The smallest absolute Gasteiger partial charge is 0.338 e. The van der Waals surface area contributed by atoms with Gasteiger partial charge in [-0.3, -0.25) is 4.79 Å². The van der Waals surface area contributed by atoms with Crippen LogP contribution in [0.25, 0.3) is 0 Å². The summed E-state index contributed by atoms with van der Waals surface area (Å²) in [4.78, 5) is 22.9. The highest BCUT2D eigenvalue weighted by Gasteiger charge is 2.08. The molecular weight excluding hydrogens is 220 g/mol. The highest BCUT2D eigenvalue weighted by Crippen LogP contribution is 2.08. The monoisotopic (exact) mass is 234 g/mol. The minimum atomic E-state index is -0.416. The highest BCUT2D eigenvalue weighted by molar-refractivity contribution is 6.05. The van der Waals surface area contributed by atoms with Gasteiger partial charge in [0.25, 0.3) is 0 Å². The molecule has 0 saturated heterocycles. The number of aliphatic hydroxyl groups is 1. The fraction of sp³-hybridized carbons (Fsp3) is 0.231. The van der Waals surface area contributed by atoms with Crippen molar-refractivity contribution in [3.63, 3.8) is 0 Å². The third kappa shape index (κ3) is 3.75. The lowest BCUT2D eigenvalue weighted by Crippen LogP contribution is -2.05. The van der Waals surface area contributed by atoms with E-state index in [-0.39, 0.29) is 11.5 Å². The largest absolute Gasteiger partial charge is 0.512 e. The standard InChI is InChI=1S/C13H14O4/c1-3-17-13(16)11-6-4-10(5-7-11)12(15)8-9(2)14/h4-8,14H,3H2,1-2H3. The van der Waals surface area contributed by atoms with Crippen molar-refractivity contribution in [2.45, 2.75) is 13.8 Å². The van der Waals surface area contributed by atoms with Crippen molar-refractivity contribution in [1.29, 1.82) is 0 Å². The van der Waals surface area contributed by atoms with Crippen LogP contribution in [0.3, 0.4) is 0 Å². The SMILES string of the molecule is CCOC(=O)c1ccc(C(=O)C=C(C)O)cc1. The van der Waals surface area contributed by atoms with Crippen LogP contribution in [0.15, 0.2) is 36.1 Å². The summed E-state index contributed by atoms with van der Waals surface area (Å²) in [6, 6.07) is 6.08. The van der Waals surface area contributed by atoms with Gasteiger partial charge in [0.2, 0.25) is 0 Å². The van der Waals surface area contributed by atoms with E-state index in [4.69, 9.17) is 9.84 Å². The quantitative estimate of drug-likeness (QED) is 0.376. The van der Waals surface area contributed by atoms with Crippen LogP contribution in [0.1, 0.15) is 34.6 Å². The molecule has 4 nitrogen and oxygen atoms in total. The van der Waals surface area contributed by atoms with Crippen LogP contribution >= 0.6 is 0 Å². The zero-order valence-electron chi connectivity index (χ0n) is 9.77. The van der Waals surface area contributed by atoms with Crippen LogP contribution in [0.2, 0.25) is 0 Å². The molecule has 0 atom stereocenters. The van der Waals surface area contributed by atoms with Crippen molar-refractivity contribution < 1.29 is 19.4 Å². The van der Waals surface area contributed by atoms with Crippen molar-refractivity contribution in [3.8, 4) is 0 Å². The molecule has 1 aromatic carbocycles. The molecule has 0 aliphatic heterocycles. The van der Waals surface area contributed by atoms with E-state index in [1.807, 2.05) is 0 Å². The molecule has 90 valence electrons. The molecule has 1 rings (SSSR count). The Morgan fingerprint density at radius 2 is 1.76 bits per heavy atom. The summed E-state index contributed by atoms with van der Waals surface area (Å²) in [5.41, 5.74) is 0.805. The van der Waals surface area contributed by atoms with Crippen molar-refractivity contribution in [3.05, 3.63) is 47.2 Å². The van der Waals surface area contributed by atoms with E-state index in [1.165, 1.54) is 31.2 Å². The molecule has 0 spiro atoms. The minimum absolute atomic E-state index is 0.0514. The predicted molar refractivity (Wildman–Crippen MR) is 63.1 cm³/mol. The number of ketones is 1. The molecule has 0 saturated carbocycles. The highest BCUT2D eigenvalue weighted by atomic mass is 16.5. The maximum absolute atomic E-state index is 11.5. The van der Waals surface area contributed by atoms with Crippen molar-refractivity contribution in [2.24, 2.45) is 0 Å². The van der Waals surface area contributed by atoms with E-state index >= 15 is 0 Å². The number of esters is 1. The van der Waals surface area contributed by atoms with E-state index in [9.17, 15) is 9.59 Å². The second-order valence-electron chi connectivity index (χ2n) is 3.45. The number of hydrogen-bond donors (Lipinski definition) is 1. The first-order valence-electron chi connectivity index (χ1n) is 5.23. The molecule has 0 fully saturated rings. The Kier molecular flexibility index (Phi) is 4.46. The Balaban J connectivity index is 2.85. The molecular formula is C13H14O4. The number of benzene rings is 1. The Labute approximate surface area is 99.5 Å². The third-order valence-electron chi connectivity index (χ3n) is 2.02.